The Morgan fingerprint density at radius 2 is 2.38 bits per heavy atom. The van der Waals surface area contributed by atoms with Gasteiger partial charge in [-0.1, -0.05) is 13.0 Å². The molecule has 0 atom stereocenters. The molecule has 0 spiro atoms. The third kappa shape index (κ3) is 3.53. The zero-order valence-electron chi connectivity index (χ0n) is 5.19. The number of aliphatic imine (C=N–C) groups is 1. The maximum Gasteiger partial charge on any atom is 0.207 e. The summed E-state index contributed by atoms with van der Waals surface area (Å²) in [6.45, 7) is 1.94. The van der Waals surface area contributed by atoms with Crippen molar-refractivity contribution in [2.45, 2.75) is 13.3 Å². The number of allylic oxidation sites excluding steroid dienone is 2. The van der Waals surface area contributed by atoms with Crippen LogP contribution in [0.2, 0.25) is 0 Å². The van der Waals surface area contributed by atoms with Crippen LogP contribution in [0.5, 0.6) is 0 Å². The largest absolute Gasteiger partial charge is 0.261 e. The van der Waals surface area contributed by atoms with Crippen LogP contribution in [0.4, 0.5) is 4.39 Å². The van der Waals surface area contributed by atoms with E-state index in [0.717, 1.165) is 6.42 Å². The van der Waals surface area contributed by atoms with Crippen LogP contribution in [0.1, 0.15) is 13.3 Å². The normalized spacial score (nSPS) is 13.1. The summed E-state index contributed by atoms with van der Waals surface area (Å²) in [5.74, 6) is -0.410. The summed E-state index contributed by atoms with van der Waals surface area (Å²) in [5, 5.41) is 0. The monoisotopic (exact) mass is 115 g/mol. The first-order valence-corrected chi connectivity index (χ1v) is 2.60. The summed E-state index contributed by atoms with van der Waals surface area (Å²) in [6, 6.07) is 0. The van der Waals surface area contributed by atoms with Gasteiger partial charge in [0.15, 0.2) is 0 Å². The quantitative estimate of drug-likeness (QED) is 0.488. The van der Waals surface area contributed by atoms with Crippen LogP contribution in [0.15, 0.2) is 17.1 Å². The van der Waals surface area contributed by atoms with Gasteiger partial charge in [0.1, 0.15) is 0 Å². The van der Waals surface area contributed by atoms with Crippen LogP contribution >= 0.6 is 0 Å². The first-order chi connectivity index (χ1) is 3.81. The molecule has 0 radical (unpaired) electrons. The maximum absolute atomic E-state index is 12.0. The number of nitrogens with zero attached hydrogens (tertiary/aromatic N) is 1. The van der Waals surface area contributed by atoms with Gasteiger partial charge in [-0.2, -0.15) is 4.39 Å². The zero-order valence-corrected chi connectivity index (χ0v) is 5.19. The Bertz CT molecular complexity index is 105. The molecule has 0 aliphatic rings. The minimum absolute atomic E-state index is 0.410. The zero-order chi connectivity index (χ0) is 6.41. The molecule has 0 saturated carbocycles. The van der Waals surface area contributed by atoms with Gasteiger partial charge >= 0.3 is 0 Å². The van der Waals surface area contributed by atoms with Crippen LogP contribution in [0.25, 0.3) is 0 Å². The standard InChI is InChI=1S/C6H10FN/c1-3-4-5-6(7)8-2/h4-5H,3H2,1-2H3/b5-4-,8-6?. The molecule has 2 heteroatoms. The second-order valence-electron chi connectivity index (χ2n) is 1.36. The molecule has 1 nitrogen and oxygen atoms in total. The van der Waals surface area contributed by atoms with Crippen molar-refractivity contribution in [1.29, 1.82) is 0 Å². The van der Waals surface area contributed by atoms with Gasteiger partial charge in [0.2, 0.25) is 5.97 Å². The van der Waals surface area contributed by atoms with Gasteiger partial charge in [0.05, 0.1) is 0 Å². The summed E-state index contributed by atoms with van der Waals surface area (Å²) < 4.78 is 12.0. The molecule has 0 aliphatic carbocycles. The van der Waals surface area contributed by atoms with E-state index >= 15 is 0 Å². The molecule has 0 aromatic heterocycles. The third-order valence-electron chi connectivity index (χ3n) is 0.705. The van der Waals surface area contributed by atoms with Crippen molar-refractivity contribution in [3.05, 3.63) is 12.2 Å². The van der Waals surface area contributed by atoms with Crippen molar-refractivity contribution in [3.63, 3.8) is 0 Å². The lowest BCUT2D eigenvalue weighted by molar-refractivity contribution is 0.809. The molecule has 0 heterocycles. The van der Waals surface area contributed by atoms with Gasteiger partial charge < -0.3 is 0 Å². The molecule has 0 aromatic carbocycles. The van der Waals surface area contributed by atoms with Gasteiger partial charge in [-0.15, -0.1) is 0 Å². The van der Waals surface area contributed by atoms with E-state index in [1.807, 2.05) is 6.92 Å². The Morgan fingerprint density at radius 3 is 2.75 bits per heavy atom. The lowest BCUT2D eigenvalue weighted by Gasteiger charge is -1.78. The van der Waals surface area contributed by atoms with Crippen LogP contribution in [0, 0.1) is 0 Å². The minimum atomic E-state index is -0.410. The Morgan fingerprint density at radius 1 is 1.75 bits per heavy atom. The van der Waals surface area contributed by atoms with Gasteiger partial charge in [-0.3, -0.25) is 4.99 Å². The highest BCUT2D eigenvalue weighted by molar-refractivity contribution is 5.86. The van der Waals surface area contributed by atoms with Crippen LogP contribution < -0.4 is 0 Å². The summed E-state index contributed by atoms with van der Waals surface area (Å²) in [7, 11) is 1.43. The van der Waals surface area contributed by atoms with E-state index in [9.17, 15) is 4.39 Å². The lowest BCUT2D eigenvalue weighted by atomic mass is 10.4. The molecule has 0 saturated heterocycles. The van der Waals surface area contributed by atoms with E-state index in [2.05, 4.69) is 4.99 Å². The number of rotatable bonds is 2. The molecular weight excluding hydrogens is 105 g/mol. The van der Waals surface area contributed by atoms with Crippen molar-refractivity contribution in [2.24, 2.45) is 4.99 Å². The van der Waals surface area contributed by atoms with Crippen molar-refractivity contribution in [3.8, 4) is 0 Å². The van der Waals surface area contributed by atoms with Gasteiger partial charge in [-0.05, 0) is 12.5 Å². The van der Waals surface area contributed by atoms with E-state index in [1.165, 1.54) is 13.1 Å². The SMILES string of the molecule is CC/C=C\C(F)=NC. The molecule has 0 N–H and O–H groups in total. The highest BCUT2D eigenvalue weighted by Gasteiger charge is 1.80. The molecule has 0 aromatic rings. The summed E-state index contributed by atoms with van der Waals surface area (Å²) in [4.78, 5) is 3.29. The van der Waals surface area contributed by atoms with E-state index in [0.29, 0.717) is 0 Å². The first kappa shape index (κ1) is 7.34. The number of hydrogen-bond donors (Lipinski definition) is 0. The number of halogens is 1. The first-order valence-electron chi connectivity index (χ1n) is 2.60. The van der Waals surface area contributed by atoms with Crippen molar-refractivity contribution in [1.82, 2.24) is 0 Å². The predicted octanol–water partition coefficient (Wildman–Crippen LogP) is 1.95. The fourth-order valence-electron chi connectivity index (χ4n) is 0.290. The highest BCUT2D eigenvalue weighted by Crippen LogP contribution is 1.84. The van der Waals surface area contributed by atoms with Crippen LogP contribution in [-0.4, -0.2) is 13.0 Å². The molecule has 0 rings (SSSR count). The van der Waals surface area contributed by atoms with E-state index in [1.54, 1.807) is 6.08 Å². The van der Waals surface area contributed by atoms with Gasteiger partial charge in [-0.25, -0.2) is 0 Å². The molecule has 0 unspecified atom stereocenters. The molecule has 0 aliphatic heterocycles. The molecule has 8 heavy (non-hydrogen) atoms. The predicted molar refractivity (Wildman–Crippen MR) is 33.9 cm³/mol. The van der Waals surface area contributed by atoms with E-state index < -0.39 is 5.97 Å². The molecule has 46 valence electrons. The van der Waals surface area contributed by atoms with E-state index in [4.69, 9.17) is 0 Å². The van der Waals surface area contributed by atoms with E-state index in [-0.39, 0.29) is 0 Å². The summed E-state index contributed by atoms with van der Waals surface area (Å²) in [5.41, 5.74) is 0. The average Bonchev–Trinajstić information content (AvgIpc) is 1.83. The topological polar surface area (TPSA) is 12.4 Å². The van der Waals surface area contributed by atoms with Crippen molar-refractivity contribution < 1.29 is 4.39 Å². The maximum atomic E-state index is 12.0. The lowest BCUT2D eigenvalue weighted by Crippen LogP contribution is -1.77. The second-order valence-corrected chi connectivity index (χ2v) is 1.36. The third-order valence-corrected chi connectivity index (χ3v) is 0.705. The van der Waals surface area contributed by atoms with Crippen molar-refractivity contribution in [2.75, 3.05) is 7.05 Å². The summed E-state index contributed by atoms with van der Waals surface area (Å²) >= 11 is 0. The second kappa shape index (κ2) is 4.50. The Balaban J connectivity index is 3.53. The number of hydrogen-bond acceptors (Lipinski definition) is 1. The smallest absolute Gasteiger partial charge is 0.207 e. The molecular formula is C6H10FN. The molecule has 0 amide bonds. The Hall–Kier alpha value is -0.660. The van der Waals surface area contributed by atoms with Gasteiger partial charge in [0, 0.05) is 7.05 Å². The molecule has 0 bridgehead atoms. The molecule has 0 fully saturated rings. The summed E-state index contributed by atoms with van der Waals surface area (Å²) in [6.07, 6.45) is 3.94. The average molecular weight is 115 g/mol. The fraction of sp³-hybridized carbons (Fsp3) is 0.500. The fourth-order valence-corrected chi connectivity index (χ4v) is 0.290. The van der Waals surface area contributed by atoms with Crippen LogP contribution in [0.3, 0.4) is 0 Å². The van der Waals surface area contributed by atoms with Gasteiger partial charge in [0.25, 0.3) is 0 Å². The highest BCUT2D eigenvalue weighted by atomic mass is 19.1. The van der Waals surface area contributed by atoms with Crippen LogP contribution in [-0.2, 0) is 0 Å². The van der Waals surface area contributed by atoms with Crippen molar-refractivity contribution >= 4 is 5.97 Å². The Labute approximate surface area is 48.9 Å². The minimum Gasteiger partial charge on any atom is -0.261 e. The Kier molecular flexibility index (Phi) is 4.13.